The van der Waals surface area contributed by atoms with Crippen LogP contribution in [-0.2, 0) is 22.3 Å². The van der Waals surface area contributed by atoms with E-state index in [4.69, 9.17) is 9.84 Å². The molecule has 170 valence electrons. The molecular weight excluding hydrogens is 433 g/mol. The van der Waals surface area contributed by atoms with Crippen LogP contribution in [-0.4, -0.2) is 46.0 Å². The number of hydrogen-bond acceptors (Lipinski definition) is 5. The molecule has 0 radical (unpaired) electrons. The lowest BCUT2D eigenvalue weighted by Crippen LogP contribution is -2.30. The maximum absolute atomic E-state index is 14.5. The van der Waals surface area contributed by atoms with Crippen molar-refractivity contribution in [2.45, 2.75) is 17.9 Å². The number of aliphatic hydroxyl groups excluding tert-OH is 1. The molecule has 3 aromatic rings. The number of benzene rings is 2. The monoisotopic (exact) mass is 459 g/mol. The highest BCUT2D eigenvalue weighted by atomic mass is 32.2. The second-order valence-electron chi connectivity index (χ2n) is 7.01. The molecule has 0 aliphatic heterocycles. The summed E-state index contributed by atoms with van der Waals surface area (Å²) in [6.07, 6.45) is 2.20. The third-order valence-corrected chi connectivity index (χ3v) is 5.90. The fraction of sp³-hybridized carbons (Fsp3) is 0.261. The van der Waals surface area contributed by atoms with Gasteiger partial charge in [-0.15, -0.1) is 0 Å². The lowest BCUT2D eigenvalue weighted by Gasteiger charge is -2.11. The normalized spacial score (nSPS) is 11.8. The van der Waals surface area contributed by atoms with Gasteiger partial charge in [-0.1, -0.05) is 18.2 Å². The summed E-state index contributed by atoms with van der Waals surface area (Å²) in [6, 6.07) is 14.8. The number of amides is 1. The van der Waals surface area contributed by atoms with E-state index in [9.17, 15) is 13.4 Å². The van der Waals surface area contributed by atoms with Crippen molar-refractivity contribution >= 4 is 16.9 Å². The van der Waals surface area contributed by atoms with Crippen molar-refractivity contribution in [3.8, 4) is 17.0 Å². The molecule has 0 fully saturated rings. The van der Waals surface area contributed by atoms with Gasteiger partial charge in [0.15, 0.2) is 17.6 Å². The van der Waals surface area contributed by atoms with E-state index in [1.165, 1.54) is 10.0 Å². The van der Waals surface area contributed by atoms with E-state index in [1.54, 1.807) is 55.7 Å². The fourth-order valence-electron chi connectivity index (χ4n) is 3.09. The Hall–Kier alpha value is -3.01. The molecule has 0 aliphatic rings. The van der Waals surface area contributed by atoms with Crippen molar-refractivity contribution in [2.75, 3.05) is 26.8 Å². The van der Waals surface area contributed by atoms with E-state index < -0.39 is 16.8 Å². The zero-order chi connectivity index (χ0) is 22.9. The second kappa shape index (κ2) is 11.6. The Morgan fingerprint density at radius 2 is 2.00 bits per heavy atom. The van der Waals surface area contributed by atoms with Crippen LogP contribution < -0.4 is 15.4 Å². The van der Waals surface area contributed by atoms with Crippen molar-refractivity contribution in [1.82, 2.24) is 14.6 Å². The van der Waals surface area contributed by atoms with Crippen LogP contribution in [0.5, 0.6) is 5.75 Å². The van der Waals surface area contributed by atoms with Crippen LogP contribution in [0.25, 0.3) is 11.3 Å². The van der Waals surface area contributed by atoms with Gasteiger partial charge in [0.25, 0.3) is 5.91 Å². The lowest BCUT2D eigenvalue weighted by molar-refractivity contribution is -0.123. The Morgan fingerprint density at radius 1 is 1.19 bits per heavy atom. The van der Waals surface area contributed by atoms with Crippen molar-refractivity contribution in [3.63, 3.8) is 0 Å². The highest BCUT2D eigenvalue weighted by Gasteiger charge is 2.17. The number of aliphatic hydroxyl groups is 1. The minimum absolute atomic E-state index is 0.000703. The fourth-order valence-corrected chi connectivity index (χ4v) is 4.29. The smallest absolute Gasteiger partial charge is 0.257 e. The van der Waals surface area contributed by atoms with Gasteiger partial charge in [-0.05, 0) is 55.4 Å². The van der Waals surface area contributed by atoms with Gasteiger partial charge < -0.3 is 20.5 Å². The average Bonchev–Trinajstić information content (AvgIpc) is 3.21. The van der Waals surface area contributed by atoms with Crippen LogP contribution in [0.3, 0.4) is 0 Å². The number of halogens is 1. The topological polar surface area (TPSA) is 92.6 Å². The Balaban J connectivity index is 1.82. The molecule has 3 N–H and O–H groups in total. The third kappa shape index (κ3) is 6.03. The molecule has 0 saturated heterocycles. The minimum atomic E-state index is -1.67. The Bertz CT molecular complexity index is 1090. The Labute approximate surface area is 188 Å². The molecule has 1 amide bonds. The van der Waals surface area contributed by atoms with E-state index >= 15 is 0 Å². The highest BCUT2D eigenvalue weighted by molar-refractivity contribution is 7.83. The first kappa shape index (κ1) is 23.6. The first-order valence-electron chi connectivity index (χ1n) is 10.2. The van der Waals surface area contributed by atoms with Crippen LogP contribution >= 0.6 is 0 Å². The van der Waals surface area contributed by atoms with Gasteiger partial charge >= 0.3 is 0 Å². The summed E-state index contributed by atoms with van der Waals surface area (Å²) in [5.74, 6) is -0.318. The number of aromatic nitrogens is 1. The summed E-state index contributed by atoms with van der Waals surface area (Å²) in [5, 5.41) is 14.4. The van der Waals surface area contributed by atoms with Crippen LogP contribution in [0.2, 0.25) is 0 Å². The molecule has 7 nitrogen and oxygen atoms in total. The first-order valence-corrected chi connectivity index (χ1v) is 11.3. The number of nitrogens with one attached hydrogen (secondary N) is 2. The summed E-state index contributed by atoms with van der Waals surface area (Å²) >= 11 is 0. The van der Waals surface area contributed by atoms with E-state index in [1.807, 2.05) is 6.07 Å². The zero-order valence-corrected chi connectivity index (χ0v) is 18.5. The standard InChI is InChI=1S/C23H26FN3O4S/c1-25-14-17-12-22(20-8-2-3-9-21(20)24)27(15-17)32(30)19-7-4-6-18(13-19)31-16-23(29)26-10-5-11-28/h2-4,6-9,12-13,15,25,28H,5,10-11,14,16H2,1H3,(H,26,29). The molecule has 1 atom stereocenters. The van der Waals surface area contributed by atoms with Crippen LogP contribution in [0.4, 0.5) is 4.39 Å². The number of nitrogens with zero attached hydrogens (tertiary/aromatic N) is 1. The van der Waals surface area contributed by atoms with Gasteiger partial charge in [-0.2, -0.15) is 0 Å². The highest BCUT2D eigenvalue weighted by Crippen LogP contribution is 2.28. The van der Waals surface area contributed by atoms with E-state index in [0.29, 0.717) is 41.4 Å². The minimum Gasteiger partial charge on any atom is -0.484 e. The summed E-state index contributed by atoms with van der Waals surface area (Å²) in [5.41, 5.74) is 1.72. The predicted octanol–water partition coefficient (Wildman–Crippen LogP) is 2.46. The largest absolute Gasteiger partial charge is 0.484 e. The third-order valence-electron chi connectivity index (χ3n) is 4.59. The SMILES string of the molecule is CNCc1cc(-c2ccccc2F)n(S(=O)c2cccc(OCC(=O)NCCCO)c2)c1. The molecule has 1 aromatic heterocycles. The van der Waals surface area contributed by atoms with Crippen LogP contribution in [0.1, 0.15) is 12.0 Å². The maximum Gasteiger partial charge on any atom is 0.257 e. The van der Waals surface area contributed by atoms with Crippen LogP contribution in [0, 0.1) is 5.82 Å². The van der Waals surface area contributed by atoms with Crippen molar-refractivity contribution in [3.05, 3.63) is 72.2 Å². The summed E-state index contributed by atoms with van der Waals surface area (Å²) in [6.45, 7) is 0.710. The van der Waals surface area contributed by atoms with Crippen molar-refractivity contribution < 1.29 is 23.2 Å². The molecule has 1 unspecified atom stereocenters. The van der Waals surface area contributed by atoms with Crippen molar-refractivity contribution in [1.29, 1.82) is 0 Å². The lowest BCUT2D eigenvalue weighted by atomic mass is 10.1. The van der Waals surface area contributed by atoms with Gasteiger partial charge in [0.1, 0.15) is 11.6 Å². The first-order chi connectivity index (χ1) is 15.5. The van der Waals surface area contributed by atoms with Gasteiger partial charge in [0.2, 0.25) is 0 Å². The summed E-state index contributed by atoms with van der Waals surface area (Å²) < 4.78 is 34.9. The van der Waals surface area contributed by atoms with E-state index in [0.717, 1.165) is 5.56 Å². The maximum atomic E-state index is 14.5. The Kier molecular flexibility index (Phi) is 8.55. The number of hydrogen-bond donors (Lipinski definition) is 3. The second-order valence-corrected chi connectivity index (χ2v) is 8.37. The molecular formula is C23H26FN3O4S. The van der Waals surface area contributed by atoms with Crippen LogP contribution in [0.15, 0.2) is 65.7 Å². The Morgan fingerprint density at radius 3 is 2.75 bits per heavy atom. The molecule has 3 rings (SSSR count). The number of rotatable bonds is 11. The number of carbonyl (C=O) groups excluding carboxylic acids is 1. The van der Waals surface area contributed by atoms with Gasteiger partial charge in [-0.25, -0.2) is 8.60 Å². The van der Waals surface area contributed by atoms with E-state index in [2.05, 4.69) is 10.6 Å². The molecule has 32 heavy (non-hydrogen) atoms. The molecule has 0 saturated carbocycles. The van der Waals surface area contributed by atoms with Crippen molar-refractivity contribution in [2.24, 2.45) is 0 Å². The molecule has 1 heterocycles. The average molecular weight is 460 g/mol. The zero-order valence-electron chi connectivity index (χ0n) is 17.7. The van der Waals surface area contributed by atoms with Gasteiger partial charge in [-0.3, -0.25) is 8.77 Å². The molecule has 0 aliphatic carbocycles. The molecule has 0 bridgehead atoms. The molecule has 9 heteroatoms. The summed E-state index contributed by atoms with van der Waals surface area (Å²) in [7, 11) is 0.137. The summed E-state index contributed by atoms with van der Waals surface area (Å²) in [4.78, 5) is 12.3. The molecule has 0 spiro atoms. The molecule has 2 aromatic carbocycles. The predicted molar refractivity (Wildman–Crippen MR) is 121 cm³/mol. The van der Waals surface area contributed by atoms with Gasteiger partial charge in [0.05, 0.1) is 10.6 Å². The van der Waals surface area contributed by atoms with Gasteiger partial charge in [0, 0.05) is 31.5 Å². The number of carbonyl (C=O) groups is 1. The quantitative estimate of drug-likeness (QED) is 0.383. The van der Waals surface area contributed by atoms with E-state index in [-0.39, 0.29) is 19.1 Å². The number of ether oxygens (including phenoxy) is 1.